The molecule has 0 unspecified atom stereocenters. The number of carboxylic acids is 4. The predicted octanol–water partition coefficient (Wildman–Crippen LogP) is -13.6. The SMILES string of the molecule is Nc1c(N=Nc2cc(C(=O)[O-])c(Cl)cc2Cl)c(-c2ccccc2)nn1-c1nc(Nc2cc(O[C-]=O)cc(C(=O)[O-])c2)nc(Nc2cc(C(=O)[O-])cc(C(=O)[O-])c2)n1.[K+].[K+].[K+].[K+].[K+]. The second kappa shape index (κ2) is 27.9. The quantitative estimate of drug-likeness (QED) is 0.0518. The Morgan fingerprint density at radius 1 is 0.677 bits per heavy atom. The fourth-order valence-electron chi connectivity index (χ4n) is 5.00. The van der Waals surface area contributed by atoms with E-state index in [0.717, 1.165) is 47.1 Å². The first-order valence-corrected chi connectivity index (χ1v) is 16.3. The summed E-state index contributed by atoms with van der Waals surface area (Å²) in [7, 11) is 0. The van der Waals surface area contributed by atoms with Crippen LogP contribution in [0.3, 0.4) is 0 Å². The Hall–Kier alpha value is 0.212. The second-order valence-electron chi connectivity index (χ2n) is 11.3. The summed E-state index contributed by atoms with van der Waals surface area (Å²) in [5.74, 6) is -8.33. The Morgan fingerprint density at radius 2 is 1.21 bits per heavy atom. The minimum absolute atomic E-state index is 0. The first-order valence-electron chi connectivity index (χ1n) is 15.6. The Bertz CT molecular complexity index is 2650. The van der Waals surface area contributed by atoms with E-state index in [1.165, 1.54) is 12.5 Å². The molecule has 4 aromatic carbocycles. The van der Waals surface area contributed by atoms with Gasteiger partial charge in [-0.25, -0.2) is 0 Å². The maximum absolute atomic E-state index is 11.7. The summed E-state index contributed by atoms with van der Waals surface area (Å²) in [5, 5.41) is 64.6. The van der Waals surface area contributed by atoms with Crippen LogP contribution in [0.5, 0.6) is 5.75 Å². The van der Waals surface area contributed by atoms with Gasteiger partial charge in [0, 0.05) is 22.5 Å². The van der Waals surface area contributed by atoms with Gasteiger partial charge in [-0.05, 0) is 58.8 Å². The molecular formula is C35H17Cl2K5N10O10. The van der Waals surface area contributed by atoms with Crippen LogP contribution in [0, 0.1) is 0 Å². The number of carbonyl (C=O) groups excluding carboxylic acids is 5. The van der Waals surface area contributed by atoms with E-state index < -0.39 is 52.1 Å². The van der Waals surface area contributed by atoms with Gasteiger partial charge in [-0.2, -0.15) is 24.7 Å². The van der Waals surface area contributed by atoms with Crippen LogP contribution in [-0.4, -0.2) is 55.1 Å². The van der Waals surface area contributed by atoms with Gasteiger partial charge in [0.25, 0.3) is 5.95 Å². The average Bonchev–Trinajstić information content (AvgIpc) is 3.49. The molecule has 286 valence electrons. The molecule has 0 aliphatic rings. The molecule has 0 saturated heterocycles. The molecule has 0 spiro atoms. The number of carboxylic acid groups (broad SMARTS) is 4. The zero-order valence-corrected chi connectivity index (χ0v) is 50.2. The van der Waals surface area contributed by atoms with Crippen LogP contribution < -0.4 is 298 Å². The molecule has 62 heavy (non-hydrogen) atoms. The maximum atomic E-state index is 11.7. The van der Waals surface area contributed by atoms with Crippen molar-refractivity contribution < 1.29 is 306 Å². The van der Waals surface area contributed by atoms with Gasteiger partial charge in [-0.3, -0.25) is 0 Å². The van der Waals surface area contributed by atoms with E-state index in [9.17, 15) is 44.4 Å². The van der Waals surface area contributed by atoms with Crippen LogP contribution in [0.2, 0.25) is 10.0 Å². The third-order valence-corrected chi connectivity index (χ3v) is 8.10. The number of nitrogens with two attached hydrogens (primary N) is 1. The summed E-state index contributed by atoms with van der Waals surface area (Å²) in [4.78, 5) is 70.5. The topological polar surface area (TPSA) is 318 Å². The number of ether oxygens (including phenoxy) is 1. The van der Waals surface area contributed by atoms with Crippen LogP contribution in [0.25, 0.3) is 17.2 Å². The molecular weight excluding hydrogens is 987 g/mol. The van der Waals surface area contributed by atoms with Gasteiger partial charge in [-0.1, -0.05) is 65.7 Å². The first-order chi connectivity index (χ1) is 27.2. The summed E-state index contributed by atoms with van der Waals surface area (Å²) in [6.07, 6.45) is 0. The molecule has 0 aliphatic carbocycles. The van der Waals surface area contributed by atoms with Crippen LogP contribution in [0.15, 0.2) is 89.1 Å². The predicted molar refractivity (Wildman–Crippen MR) is 191 cm³/mol. The number of nitrogens with one attached hydrogen (secondary N) is 2. The first kappa shape index (κ1) is 60.2. The number of carbonyl (C=O) groups is 4. The van der Waals surface area contributed by atoms with E-state index in [1.807, 2.05) is 0 Å². The van der Waals surface area contributed by atoms with Gasteiger partial charge < -0.3 is 65.5 Å². The molecule has 2 heterocycles. The largest absolute Gasteiger partial charge is 1.00 e. The fourth-order valence-corrected chi connectivity index (χ4v) is 5.50. The Kier molecular flexibility index (Phi) is 27.1. The number of azo groups is 1. The van der Waals surface area contributed by atoms with E-state index in [2.05, 4.69) is 45.6 Å². The monoisotopic (exact) mass is 1000 g/mol. The Labute approximate surface area is 572 Å². The normalized spacial score (nSPS) is 10.0. The minimum atomic E-state index is -1.71. The van der Waals surface area contributed by atoms with Crippen molar-refractivity contribution in [3.63, 3.8) is 0 Å². The average molecular weight is 1000 g/mol. The number of hydrogen-bond donors (Lipinski definition) is 3. The van der Waals surface area contributed by atoms with Gasteiger partial charge in [0.15, 0.2) is 18.0 Å². The zero-order valence-electron chi connectivity index (χ0n) is 33.1. The summed E-state index contributed by atoms with van der Waals surface area (Å²) >= 11 is 12.2. The summed E-state index contributed by atoms with van der Waals surface area (Å²) < 4.78 is 5.68. The number of benzene rings is 4. The van der Waals surface area contributed by atoms with Crippen LogP contribution in [0.4, 0.5) is 40.5 Å². The van der Waals surface area contributed by atoms with Crippen molar-refractivity contribution in [3.05, 3.63) is 111 Å². The molecule has 0 amide bonds. The molecule has 0 fully saturated rings. The third-order valence-electron chi connectivity index (χ3n) is 7.49. The number of hydrogen-bond acceptors (Lipinski definition) is 19. The molecule has 27 heteroatoms. The minimum Gasteiger partial charge on any atom is -0.610 e. The van der Waals surface area contributed by atoms with E-state index in [0.29, 0.717) is 5.56 Å². The molecule has 6 aromatic rings. The van der Waals surface area contributed by atoms with E-state index in [1.54, 1.807) is 30.3 Å². The number of anilines is 5. The number of rotatable bonds is 14. The van der Waals surface area contributed by atoms with Gasteiger partial charge in [0.1, 0.15) is 11.4 Å². The van der Waals surface area contributed by atoms with Crippen molar-refractivity contribution >= 4 is 94.0 Å². The van der Waals surface area contributed by atoms with E-state index in [-0.39, 0.29) is 319 Å². The van der Waals surface area contributed by atoms with Gasteiger partial charge in [0.05, 0.1) is 33.9 Å². The molecule has 20 nitrogen and oxygen atoms in total. The molecule has 6 rings (SSSR count). The molecule has 2 aromatic heterocycles. The standard InChI is InChI=1S/C35H21Cl2N10O10.5K/c36-23-13-24(37)25(12-22(23)32(55)56)44-45-27-26(15-4-2-1-3-5-15)46-47(28(27)38)35-42-33(39-19-7-16(29(49)50)6-17(8-19)30(51)52)41-34(43-35)40-20-9-18(31(53)54)10-21(11-20)57-14-48;;;;;/h1-13H,38H2,(H,49,50)(H,51,52)(H,53,54)(H,55,56)(H2,39,40,41,42,43);;;;;/q-1;5*+1/p-4. The number of aromatic nitrogens is 5. The molecule has 0 saturated carbocycles. The van der Waals surface area contributed by atoms with Crippen molar-refractivity contribution in [2.75, 3.05) is 16.4 Å². The van der Waals surface area contributed by atoms with E-state index >= 15 is 0 Å². The van der Waals surface area contributed by atoms with Crippen LogP contribution >= 0.6 is 23.2 Å². The van der Waals surface area contributed by atoms with Crippen molar-refractivity contribution in [2.24, 2.45) is 10.2 Å². The van der Waals surface area contributed by atoms with E-state index in [4.69, 9.17) is 28.9 Å². The zero-order chi connectivity index (χ0) is 41.0. The molecule has 4 N–H and O–H groups in total. The Morgan fingerprint density at radius 3 is 1.73 bits per heavy atom. The summed E-state index contributed by atoms with van der Waals surface area (Å²) in [6.45, 7) is 1.18. The molecule has 0 aliphatic heterocycles. The number of nitrogen functional groups attached to an aromatic ring is 1. The van der Waals surface area contributed by atoms with Gasteiger partial charge in [-0.15, -0.1) is 10.2 Å². The second-order valence-corrected chi connectivity index (χ2v) is 12.1. The summed E-state index contributed by atoms with van der Waals surface area (Å²) in [6, 6.07) is 16.7. The molecule has 0 bridgehead atoms. The number of nitrogens with zero attached hydrogens (tertiary/aromatic N) is 7. The fraction of sp³-hybridized carbons (Fsp3) is 0. The third kappa shape index (κ3) is 15.6. The molecule has 0 radical (unpaired) electrons. The van der Waals surface area contributed by atoms with Crippen LogP contribution in [-0.2, 0) is 4.79 Å². The maximum Gasteiger partial charge on any atom is 1.00 e. The van der Waals surface area contributed by atoms with Crippen molar-refractivity contribution in [2.45, 2.75) is 0 Å². The number of aromatic carboxylic acids is 4. The molecule has 0 atom stereocenters. The van der Waals surface area contributed by atoms with Crippen LogP contribution in [0.1, 0.15) is 41.4 Å². The smallest absolute Gasteiger partial charge is 0.610 e. The van der Waals surface area contributed by atoms with Crippen molar-refractivity contribution in [3.8, 4) is 23.0 Å². The van der Waals surface area contributed by atoms with Crippen molar-refractivity contribution in [1.82, 2.24) is 24.7 Å². The van der Waals surface area contributed by atoms with Gasteiger partial charge in [0.2, 0.25) is 11.9 Å². The number of halogens is 2. The van der Waals surface area contributed by atoms with Gasteiger partial charge >= 0.3 is 257 Å². The summed E-state index contributed by atoms with van der Waals surface area (Å²) in [5.41, 5.74) is 4.72. The van der Waals surface area contributed by atoms with Crippen molar-refractivity contribution in [1.29, 1.82) is 0 Å². The Balaban J connectivity index is 0.00000384.